The quantitative estimate of drug-likeness (QED) is 0.0830. The number of allylic oxidation sites excluding steroid dienone is 1. The molecule has 0 fully saturated rings. The Labute approximate surface area is 203 Å². The summed E-state index contributed by atoms with van der Waals surface area (Å²) in [7, 11) is 0. The average Bonchev–Trinajstić information content (AvgIpc) is 2.87. The topological polar surface area (TPSA) is 140 Å². The van der Waals surface area contributed by atoms with E-state index in [4.69, 9.17) is 16.8 Å². The maximum Gasteiger partial charge on any atom is 0.284 e. The van der Waals surface area contributed by atoms with E-state index < -0.39 is 22.8 Å². The van der Waals surface area contributed by atoms with Gasteiger partial charge in [0.2, 0.25) is 11.1 Å². The summed E-state index contributed by atoms with van der Waals surface area (Å²) in [6.45, 7) is 1.45. The predicted molar refractivity (Wildman–Crippen MR) is 132 cm³/mol. The SMILES string of the molecule is C/C(=C(\F)C(=O)Nc1ccc(-c2ccccc2S(=O)ON)cc1S)c1cccc(/C(N)=N/O)c1. The van der Waals surface area contributed by atoms with Crippen molar-refractivity contribution in [1.82, 2.24) is 0 Å². The van der Waals surface area contributed by atoms with Crippen molar-refractivity contribution in [3.05, 3.63) is 83.7 Å². The first kappa shape index (κ1) is 25.1. The summed E-state index contributed by atoms with van der Waals surface area (Å²) < 4.78 is 31.4. The van der Waals surface area contributed by atoms with Gasteiger partial charge in [-0.2, -0.15) is 10.2 Å². The standard InChI is InChI=1S/C23H21FN4O4S2/c1-13(14-5-4-6-16(11-14)22(25)28-30)21(24)23(29)27-18-10-9-15(12-19(18)33)17-7-2-3-8-20(17)34(31)32-26/h2-12,30,33H,26H2,1H3,(H2,25,28)(H,27,29)/b21-13+. The van der Waals surface area contributed by atoms with E-state index in [1.54, 1.807) is 60.7 Å². The van der Waals surface area contributed by atoms with Crippen LogP contribution >= 0.6 is 12.6 Å². The Hall–Kier alpha value is -3.51. The number of halogens is 1. The second-order valence-electron chi connectivity index (χ2n) is 7.02. The number of nitrogens with two attached hydrogens (primary N) is 2. The van der Waals surface area contributed by atoms with Crippen LogP contribution in [0.1, 0.15) is 18.1 Å². The zero-order chi connectivity index (χ0) is 24.8. The molecular formula is C23H21FN4O4S2. The fourth-order valence-corrected chi connectivity index (χ4v) is 4.08. The van der Waals surface area contributed by atoms with Crippen molar-refractivity contribution in [3.8, 4) is 11.1 Å². The fraction of sp³-hybridized carbons (Fsp3) is 0.0435. The molecule has 0 aliphatic carbocycles. The summed E-state index contributed by atoms with van der Waals surface area (Å²) >= 11 is 2.54. The zero-order valence-electron chi connectivity index (χ0n) is 17.9. The molecule has 0 aromatic heterocycles. The number of carbonyl (C=O) groups is 1. The second-order valence-corrected chi connectivity index (χ2v) is 8.60. The summed E-state index contributed by atoms with van der Waals surface area (Å²) in [5.41, 5.74) is 7.95. The lowest BCUT2D eigenvalue weighted by Gasteiger charge is -2.12. The van der Waals surface area contributed by atoms with Crippen LogP contribution in [0.15, 0.2) is 87.5 Å². The number of anilines is 1. The van der Waals surface area contributed by atoms with Crippen LogP contribution in [0.4, 0.5) is 10.1 Å². The minimum Gasteiger partial charge on any atom is -0.409 e. The van der Waals surface area contributed by atoms with E-state index in [1.807, 2.05) is 0 Å². The zero-order valence-corrected chi connectivity index (χ0v) is 19.6. The Balaban J connectivity index is 1.87. The number of oxime groups is 1. The third-order valence-electron chi connectivity index (χ3n) is 4.94. The van der Waals surface area contributed by atoms with Crippen LogP contribution < -0.4 is 16.9 Å². The monoisotopic (exact) mass is 500 g/mol. The number of hydrogen-bond donors (Lipinski definition) is 5. The molecule has 0 spiro atoms. The summed E-state index contributed by atoms with van der Waals surface area (Å²) in [4.78, 5) is 13.3. The van der Waals surface area contributed by atoms with Gasteiger partial charge in [0.1, 0.15) is 0 Å². The van der Waals surface area contributed by atoms with Gasteiger partial charge in [-0.1, -0.05) is 47.6 Å². The molecule has 0 radical (unpaired) electrons. The molecule has 0 saturated carbocycles. The molecule has 0 bridgehead atoms. The van der Waals surface area contributed by atoms with Crippen molar-refractivity contribution in [2.45, 2.75) is 16.7 Å². The first-order chi connectivity index (χ1) is 16.3. The average molecular weight is 501 g/mol. The molecule has 34 heavy (non-hydrogen) atoms. The molecule has 3 rings (SSSR count). The normalized spacial score (nSPS) is 13.2. The third kappa shape index (κ3) is 5.51. The molecule has 176 valence electrons. The molecule has 8 nitrogen and oxygen atoms in total. The van der Waals surface area contributed by atoms with Gasteiger partial charge < -0.3 is 16.3 Å². The van der Waals surface area contributed by atoms with Crippen molar-refractivity contribution >= 4 is 46.7 Å². The van der Waals surface area contributed by atoms with Crippen LogP contribution in [-0.2, 0) is 20.2 Å². The third-order valence-corrected chi connectivity index (χ3v) is 6.20. The molecule has 3 aromatic rings. The lowest BCUT2D eigenvalue weighted by Crippen LogP contribution is -2.14. The van der Waals surface area contributed by atoms with Gasteiger partial charge in [-0.3, -0.25) is 4.79 Å². The molecule has 1 atom stereocenters. The molecule has 0 aliphatic heterocycles. The van der Waals surface area contributed by atoms with Gasteiger partial charge >= 0.3 is 0 Å². The van der Waals surface area contributed by atoms with E-state index in [0.29, 0.717) is 32.0 Å². The van der Waals surface area contributed by atoms with E-state index >= 15 is 0 Å². The van der Waals surface area contributed by atoms with Crippen LogP contribution in [0.3, 0.4) is 0 Å². The van der Waals surface area contributed by atoms with Crippen molar-refractivity contribution in [3.63, 3.8) is 0 Å². The van der Waals surface area contributed by atoms with E-state index in [9.17, 15) is 13.4 Å². The van der Waals surface area contributed by atoms with Crippen LogP contribution in [0.25, 0.3) is 16.7 Å². The van der Waals surface area contributed by atoms with Gasteiger partial charge in [0.15, 0.2) is 11.7 Å². The molecule has 11 heteroatoms. The number of rotatable bonds is 7. The Morgan fingerprint density at radius 3 is 2.50 bits per heavy atom. The van der Waals surface area contributed by atoms with Gasteiger partial charge in [0, 0.05) is 16.0 Å². The minimum absolute atomic E-state index is 0.0700. The molecule has 6 N–H and O–H groups in total. The first-order valence-corrected chi connectivity index (χ1v) is 11.3. The number of carbonyl (C=O) groups excluding carboxylic acids is 1. The van der Waals surface area contributed by atoms with Gasteiger partial charge in [0.25, 0.3) is 5.91 Å². The van der Waals surface area contributed by atoms with Crippen LogP contribution in [0, 0.1) is 0 Å². The molecule has 1 amide bonds. The molecule has 0 aliphatic rings. The maximum atomic E-state index is 14.9. The lowest BCUT2D eigenvalue weighted by molar-refractivity contribution is -0.114. The number of benzene rings is 3. The Bertz CT molecular complexity index is 1330. The Morgan fingerprint density at radius 2 is 1.82 bits per heavy atom. The highest BCUT2D eigenvalue weighted by Crippen LogP contribution is 2.32. The smallest absolute Gasteiger partial charge is 0.284 e. The van der Waals surface area contributed by atoms with Gasteiger partial charge in [0.05, 0.1) is 10.6 Å². The molecular weight excluding hydrogens is 479 g/mol. The summed E-state index contributed by atoms with van der Waals surface area (Å²) in [5, 5.41) is 14.2. The van der Waals surface area contributed by atoms with Crippen LogP contribution in [0.2, 0.25) is 0 Å². The van der Waals surface area contributed by atoms with Crippen molar-refractivity contribution in [2.75, 3.05) is 5.32 Å². The van der Waals surface area contributed by atoms with E-state index in [2.05, 4.69) is 27.4 Å². The van der Waals surface area contributed by atoms with Crippen molar-refractivity contribution in [1.29, 1.82) is 0 Å². The second kappa shape index (κ2) is 11.1. The van der Waals surface area contributed by atoms with E-state index in [-0.39, 0.29) is 17.1 Å². The molecule has 1 unspecified atom stereocenters. The fourth-order valence-electron chi connectivity index (χ4n) is 3.15. The Kier molecular flexibility index (Phi) is 8.18. The van der Waals surface area contributed by atoms with Gasteiger partial charge in [-0.05, 0) is 47.9 Å². The lowest BCUT2D eigenvalue weighted by atomic mass is 10.0. The first-order valence-electron chi connectivity index (χ1n) is 9.74. The summed E-state index contributed by atoms with van der Waals surface area (Å²) in [5.74, 6) is 2.95. The number of thiol groups is 1. The molecule has 0 saturated heterocycles. The number of amidine groups is 1. The van der Waals surface area contributed by atoms with Crippen LogP contribution in [0.5, 0.6) is 0 Å². The highest BCUT2D eigenvalue weighted by atomic mass is 32.2. The number of nitrogens with one attached hydrogen (secondary N) is 1. The van der Waals surface area contributed by atoms with Crippen molar-refractivity contribution in [2.24, 2.45) is 16.8 Å². The van der Waals surface area contributed by atoms with E-state index in [1.165, 1.54) is 13.0 Å². The minimum atomic E-state index is -1.86. The number of amides is 1. The van der Waals surface area contributed by atoms with Crippen LogP contribution in [-0.4, -0.2) is 21.2 Å². The Morgan fingerprint density at radius 1 is 1.12 bits per heavy atom. The highest BCUT2D eigenvalue weighted by molar-refractivity contribution is 7.80. The summed E-state index contributed by atoms with van der Waals surface area (Å²) in [6, 6.07) is 18.0. The largest absolute Gasteiger partial charge is 0.409 e. The predicted octanol–water partition coefficient (Wildman–Crippen LogP) is 3.99. The van der Waals surface area contributed by atoms with Gasteiger partial charge in [-0.15, -0.1) is 12.6 Å². The number of hydrogen-bond acceptors (Lipinski definition) is 7. The summed E-state index contributed by atoms with van der Waals surface area (Å²) in [6.07, 6.45) is 0. The van der Waals surface area contributed by atoms with E-state index in [0.717, 1.165) is 0 Å². The maximum absolute atomic E-state index is 14.9. The van der Waals surface area contributed by atoms with Gasteiger partial charge in [-0.25, -0.2) is 8.60 Å². The highest BCUT2D eigenvalue weighted by Gasteiger charge is 2.17. The van der Waals surface area contributed by atoms with Crippen molar-refractivity contribution < 1.29 is 22.9 Å². The number of nitrogens with zero attached hydrogens (tertiary/aromatic N) is 1. The molecule has 3 aromatic carbocycles. The molecule has 0 heterocycles.